The van der Waals surface area contributed by atoms with Gasteiger partial charge in [0, 0.05) is 22.3 Å². The van der Waals surface area contributed by atoms with E-state index in [4.69, 9.17) is 4.74 Å². The molecule has 1 heterocycles. The van der Waals surface area contributed by atoms with E-state index in [9.17, 15) is 4.79 Å². The Labute approximate surface area is 145 Å². The molecule has 0 fully saturated rings. The fourth-order valence-electron chi connectivity index (χ4n) is 2.24. The largest absolute Gasteiger partial charge is 0.486 e. The normalized spacial score (nSPS) is 10.4. The zero-order valence-electron chi connectivity index (χ0n) is 13.6. The van der Waals surface area contributed by atoms with Crippen molar-refractivity contribution in [3.05, 3.63) is 75.7 Å². The second kappa shape index (κ2) is 7.27. The molecule has 2 aromatic carbocycles. The highest BCUT2D eigenvalue weighted by atomic mass is 32.1. The van der Waals surface area contributed by atoms with Crippen LogP contribution in [0.2, 0.25) is 0 Å². The molecule has 5 heteroatoms. The molecule has 3 rings (SSSR count). The highest BCUT2D eigenvalue weighted by Gasteiger charge is 2.07. The van der Waals surface area contributed by atoms with Crippen LogP contribution >= 0.6 is 11.3 Å². The summed E-state index contributed by atoms with van der Waals surface area (Å²) in [7, 11) is 0. The maximum Gasteiger partial charge on any atom is 0.255 e. The molecule has 4 nitrogen and oxygen atoms in total. The maximum absolute atomic E-state index is 12.3. The summed E-state index contributed by atoms with van der Waals surface area (Å²) < 4.78 is 5.69. The quantitative estimate of drug-likeness (QED) is 0.740. The SMILES string of the molecule is Cc1cccc(NC(=O)c2ccc(OCc3nc(C)cs3)cc2)c1. The molecule has 122 valence electrons. The molecular formula is C19H18N2O2S. The molecule has 3 aromatic rings. The van der Waals surface area contributed by atoms with Crippen LogP contribution in [0, 0.1) is 13.8 Å². The summed E-state index contributed by atoms with van der Waals surface area (Å²) in [5, 5.41) is 5.83. The van der Waals surface area contributed by atoms with Gasteiger partial charge in [-0.05, 0) is 55.8 Å². The fraction of sp³-hybridized carbons (Fsp3) is 0.158. The molecule has 0 saturated carbocycles. The van der Waals surface area contributed by atoms with Crippen LogP contribution in [0.1, 0.15) is 26.6 Å². The van der Waals surface area contributed by atoms with Crippen LogP contribution in [-0.4, -0.2) is 10.9 Å². The van der Waals surface area contributed by atoms with Crippen molar-refractivity contribution in [2.45, 2.75) is 20.5 Å². The van der Waals surface area contributed by atoms with E-state index in [1.807, 2.05) is 43.5 Å². The molecule has 1 N–H and O–H groups in total. The standard InChI is InChI=1S/C19H18N2O2S/c1-13-4-3-5-16(10-13)21-19(22)15-6-8-17(9-7-15)23-11-18-20-14(2)12-24-18/h3-10,12H,11H2,1-2H3,(H,21,22). The second-order valence-electron chi connectivity index (χ2n) is 5.52. The van der Waals surface area contributed by atoms with Gasteiger partial charge in [0.15, 0.2) is 0 Å². The van der Waals surface area contributed by atoms with Gasteiger partial charge in [-0.25, -0.2) is 4.98 Å². The van der Waals surface area contributed by atoms with Gasteiger partial charge in [-0.3, -0.25) is 4.79 Å². The summed E-state index contributed by atoms with van der Waals surface area (Å²) in [6.45, 7) is 4.39. The van der Waals surface area contributed by atoms with Crippen LogP contribution in [0.5, 0.6) is 5.75 Å². The summed E-state index contributed by atoms with van der Waals surface area (Å²) in [5.74, 6) is 0.581. The van der Waals surface area contributed by atoms with E-state index in [0.29, 0.717) is 12.2 Å². The Kier molecular flexibility index (Phi) is 4.91. The number of aryl methyl sites for hydroxylation is 2. The smallest absolute Gasteiger partial charge is 0.255 e. The Morgan fingerprint density at radius 2 is 1.96 bits per heavy atom. The number of hydrogen-bond donors (Lipinski definition) is 1. The lowest BCUT2D eigenvalue weighted by Gasteiger charge is -2.08. The molecule has 0 atom stereocenters. The second-order valence-corrected chi connectivity index (χ2v) is 6.46. The lowest BCUT2D eigenvalue weighted by Crippen LogP contribution is -2.11. The van der Waals surface area contributed by atoms with E-state index < -0.39 is 0 Å². The van der Waals surface area contributed by atoms with Crippen molar-refractivity contribution in [1.29, 1.82) is 0 Å². The zero-order chi connectivity index (χ0) is 16.9. The Hall–Kier alpha value is -2.66. The summed E-state index contributed by atoms with van der Waals surface area (Å²) >= 11 is 1.58. The van der Waals surface area contributed by atoms with Gasteiger partial charge < -0.3 is 10.1 Å². The average Bonchev–Trinajstić information content (AvgIpc) is 2.99. The van der Waals surface area contributed by atoms with Gasteiger partial charge in [-0.1, -0.05) is 12.1 Å². The molecule has 0 bridgehead atoms. The first-order valence-electron chi connectivity index (χ1n) is 7.62. The number of ether oxygens (including phenoxy) is 1. The number of thiazole rings is 1. The highest BCUT2D eigenvalue weighted by Crippen LogP contribution is 2.17. The topological polar surface area (TPSA) is 51.2 Å². The van der Waals surface area contributed by atoms with E-state index >= 15 is 0 Å². The van der Waals surface area contributed by atoms with Crippen LogP contribution in [0.3, 0.4) is 0 Å². The average molecular weight is 338 g/mol. The van der Waals surface area contributed by atoms with E-state index in [-0.39, 0.29) is 5.91 Å². The molecule has 0 aliphatic rings. The van der Waals surface area contributed by atoms with Crippen molar-refractivity contribution >= 4 is 22.9 Å². The Balaban J connectivity index is 1.60. The summed E-state index contributed by atoms with van der Waals surface area (Å²) in [6, 6.07) is 14.8. The maximum atomic E-state index is 12.3. The Morgan fingerprint density at radius 1 is 1.17 bits per heavy atom. The predicted molar refractivity (Wildman–Crippen MR) is 96.8 cm³/mol. The molecule has 0 radical (unpaired) electrons. The van der Waals surface area contributed by atoms with Gasteiger partial charge in [-0.15, -0.1) is 11.3 Å². The van der Waals surface area contributed by atoms with E-state index in [1.54, 1.807) is 35.6 Å². The lowest BCUT2D eigenvalue weighted by atomic mass is 10.2. The number of aromatic nitrogens is 1. The Bertz CT molecular complexity index is 841. The number of nitrogens with zero attached hydrogens (tertiary/aromatic N) is 1. The van der Waals surface area contributed by atoms with Gasteiger partial charge in [0.25, 0.3) is 5.91 Å². The summed E-state index contributed by atoms with van der Waals surface area (Å²) in [6.07, 6.45) is 0. The van der Waals surface area contributed by atoms with Crippen molar-refractivity contribution in [2.75, 3.05) is 5.32 Å². The zero-order valence-corrected chi connectivity index (χ0v) is 14.4. The van der Waals surface area contributed by atoms with E-state index in [2.05, 4.69) is 10.3 Å². The van der Waals surface area contributed by atoms with Gasteiger partial charge in [0.2, 0.25) is 0 Å². The number of carbonyl (C=O) groups excluding carboxylic acids is 1. The number of amides is 1. The van der Waals surface area contributed by atoms with Gasteiger partial charge in [0.05, 0.1) is 0 Å². The summed E-state index contributed by atoms with van der Waals surface area (Å²) in [5.41, 5.74) is 3.49. The molecular weight excluding hydrogens is 320 g/mol. The van der Waals surface area contributed by atoms with E-state index in [1.165, 1.54) is 0 Å². The number of nitrogens with one attached hydrogen (secondary N) is 1. The predicted octanol–water partition coefficient (Wildman–Crippen LogP) is 4.59. The van der Waals surface area contributed by atoms with Crippen molar-refractivity contribution < 1.29 is 9.53 Å². The first-order valence-corrected chi connectivity index (χ1v) is 8.50. The molecule has 1 aromatic heterocycles. The van der Waals surface area contributed by atoms with Gasteiger partial charge >= 0.3 is 0 Å². The minimum Gasteiger partial charge on any atom is -0.486 e. The van der Waals surface area contributed by atoms with Crippen LogP contribution < -0.4 is 10.1 Å². The molecule has 0 aliphatic carbocycles. The molecule has 0 unspecified atom stereocenters. The van der Waals surface area contributed by atoms with E-state index in [0.717, 1.165) is 27.7 Å². The van der Waals surface area contributed by atoms with Crippen LogP contribution in [0.15, 0.2) is 53.9 Å². The molecule has 0 saturated heterocycles. The van der Waals surface area contributed by atoms with Crippen molar-refractivity contribution in [3.63, 3.8) is 0 Å². The molecule has 1 amide bonds. The van der Waals surface area contributed by atoms with Crippen LogP contribution in [0.4, 0.5) is 5.69 Å². The number of anilines is 1. The molecule has 0 spiro atoms. The third-order valence-corrected chi connectivity index (χ3v) is 4.36. The van der Waals surface area contributed by atoms with Crippen molar-refractivity contribution in [3.8, 4) is 5.75 Å². The first kappa shape index (κ1) is 16.2. The summed E-state index contributed by atoms with van der Waals surface area (Å²) in [4.78, 5) is 16.6. The molecule has 24 heavy (non-hydrogen) atoms. The fourth-order valence-corrected chi connectivity index (χ4v) is 2.93. The number of carbonyl (C=O) groups is 1. The van der Waals surface area contributed by atoms with Crippen LogP contribution in [-0.2, 0) is 6.61 Å². The minimum atomic E-state index is -0.136. The number of benzene rings is 2. The highest BCUT2D eigenvalue weighted by molar-refractivity contribution is 7.09. The number of hydrogen-bond acceptors (Lipinski definition) is 4. The third kappa shape index (κ3) is 4.20. The lowest BCUT2D eigenvalue weighted by molar-refractivity contribution is 0.102. The minimum absolute atomic E-state index is 0.136. The third-order valence-electron chi connectivity index (χ3n) is 3.42. The Morgan fingerprint density at radius 3 is 2.62 bits per heavy atom. The molecule has 0 aliphatic heterocycles. The first-order chi connectivity index (χ1) is 11.6. The van der Waals surface area contributed by atoms with Crippen LogP contribution in [0.25, 0.3) is 0 Å². The monoisotopic (exact) mass is 338 g/mol. The number of rotatable bonds is 5. The van der Waals surface area contributed by atoms with Gasteiger partial charge in [-0.2, -0.15) is 0 Å². The van der Waals surface area contributed by atoms with Crippen molar-refractivity contribution in [1.82, 2.24) is 4.98 Å². The van der Waals surface area contributed by atoms with Crippen molar-refractivity contribution in [2.24, 2.45) is 0 Å². The van der Waals surface area contributed by atoms with Gasteiger partial charge in [0.1, 0.15) is 17.4 Å².